The fourth-order valence-electron chi connectivity index (χ4n) is 3.05. The fraction of sp³-hybridized carbons (Fsp3) is 0.688. The molecule has 0 bridgehead atoms. The van der Waals surface area contributed by atoms with Crippen LogP contribution in [-0.2, 0) is 19.0 Å². The van der Waals surface area contributed by atoms with Crippen molar-refractivity contribution in [2.45, 2.75) is 44.8 Å². The molecule has 0 radical (unpaired) electrons. The zero-order valence-corrected chi connectivity index (χ0v) is 14.2. The van der Waals surface area contributed by atoms with E-state index in [1.54, 1.807) is 4.90 Å². The van der Waals surface area contributed by atoms with Gasteiger partial charge in [0.15, 0.2) is 0 Å². The van der Waals surface area contributed by atoms with E-state index in [1.807, 2.05) is 20.8 Å². The van der Waals surface area contributed by atoms with Gasteiger partial charge in [-0.1, -0.05) is 0 Å². The lowest BCUT2D eigenvalue weighted by atomic mass is 9.91. The van der Waals surface area contributed by atoms with Crippen molar-refractivity contribution in [1.29, 1.82) is 0 Å². The Balaban J connectivity index is 1.60. The Morgan fingerprint density at radius 2 is 1.92 bits per heavy atom. The van der Waals surface area contributed by atoms with Gasteiger partial charge in [-0.15, -0.1) is 0 Å². The number of carbonyl (C=O) groups excluding carboxylic acids is 3. The minimum atomic E-state index is -0.623. The Hall–Kier alpha value is -2.25. The topological polar surface area (TPSA) is 85.4 Å². The molecule has 0 atom stereocenters. The first-order chi connectivity index (χ1) is 11.2. The minimum Gasteiger partial charge on any atom is -0.456 e. The largest absolute Gasteiger partial charge is 0.456 e. The van der Waals surface area contributed by atoms with Crippen LogP contribution in [0.5, 0.6) is 0 Å². The predicted octanol–water partition coefficient (Wildman–Crippen LogP) is 1.65. The molecule has 8 heteroatoms. The maximum absolute atomic E-state index is 12.1. The van der Waals surface area contributed by atoms with Crippen molar-refractivity contribution in [2.24, 2.45) is 0 Å². The lowest BCUT2D eigenvalue weighted by Gasteiger charge is -2.37. The van der Waals surface area contributed by atoms with E-state index >= 15 is 0 Å². The van der Waals surface area contributed by atoms with Gasteiger partial charge in [-0.25, -0.2) is 14.4 Å². The summed E-state index contributed by atoms with van der Waals surface area (Å²) < 4.78 is 15.8. The van der Waals surface area contributed by atoms with Crippen LogP contribution in [0.1, 0.15) is 33.6 Å². The monoisotopic (exact) mass is 338 g/mol. The maximum atomic E-state index is 12.1. The summed E-state index contributed by atoms with van der Waals surface area (Å²) in [5.74, 6) is -0.446. The second kappa shape index (κ2) is 5.68. The van der Waals surface area contributed by atoms with Crippen molar-refractivity contribution < 1.29 is 28.6 Å². The van der Waals surface area contributed by atoms with Crippen LogP contribution in [0.2, 0.25) is 0 Å². The second-order valence-electron chi connectivity index (χ2n) is 7.35. The molecule has 1 spiro atoms. The molecule has 2 amide bonds. The van der Waals surface area contributed by atoms with Gasteiger partial charge in [-0.3, -0.25) is 4.90 Å². The minimum absolute atomic E-state index is 0.0913. The van der Waals surface area contributed by atoms with E-state index in [9.17, 15) is 14.4 Å². The highest BCUT2D eigenvalue weighted by Crippen LogP contribution is 2.35. The Bertz CT molecular complexity index is 598. The summed E-state index contributed by atoms with van der Waals surface area (Å²) in [4.78, 5) is 38.5. The number of cyclic esters (lactones) is 1. The van der Waals surface area contributed by atoms with E-state index in [2.05, 4.69) is 0 Å². The van der Waals surface area contributed by atoms with Crippen LogP contribution in [0.4, 0.5) is 9.59 Å². The third-order valence-electron chi connectivity index (χ3n) is 4.29. The smallest absolute Gasteiger partial charge is 0.414 e. The molecule has 132 valence electrons. The molecule has 0 aliphatic carbocycles. The van der Waals surface area contributed by atoms with Crippen LogP contribution in [0, 0.1) is 0 Å². The Labute approximate surface area is 140 Å². The van der Waals surface area contributed by atoms with Gasteiger partial charge in [0.25, 0.3) is 0 Å². The summed E-state index contributed by atoms with van der Waals surface area (Å²) >= 11 is 0. The van der Waals surface area contributed by atoms with Gasteiger partial charge >= 0.3 is 18.2 Å². The highest BCUT2D eigenvalue weighted by Gasteiger charge is 2.49. The molecule has 2 saturated heterocycles. The molecule has 8 nitrogen and oxygen atoms in total. The number of carbonyl (C=O) groups is 3. The Morgan fingerprint density at radius 1 is 1.25 bits per heavy atom. The van der Waals surface area contributed by atoms with Gasteiger partial charge in [-0.2, -0.15) is 0 Å². The number of esters is 1. The number of amides is 2. The molecule has 0 aromatic rings. The highest BCUT2D eigenvalue weighted by molar-refractivity contribution is 5.87. The van der Waals surface area contributed by atoms with Gasteiger partial charge in [0.2, 0.25) is 0 Å². The van der Waals surface area contributed by atoms with E-state index in [0.717, 1.165) is 0 Å². The molecular formula is C16H22N2O6. The fourth-order valence-corrected chi connectivity index (χ4v) is 3.05. The maximum Gasteiger partial charge on any atom is 0.414 e. The van der Waals surface area contributed by atoms with Crippen molar-refractivity contribution in [3.63, 3.8) is 0 Å². The van der Waals surface area contributed by atoms with Gasteiger partial charge in [0.05, 0.1) is 12.2 Å². The zero-order chi connectivity index (χ0) is 17.5. The highest BCUT2D eigenvalue weighted by atomic mass is 16.6. The molecule has 3 heterocycles. The number of nitrogens with zero attached hydrogens (tertiary/aromatic N) is 2. The van der Waals surface area contributed by atoms with Gasteiger partial charge in [-0.05, 0) is 20.8 Å². The Morgan fingerprint density at radius 3 is 2.46 bits per heavy atom. The van der Waals surface area contributed by atoms with E-state index in [-0.39, 0.29) is 12.7 Å². The quantitative estimate of drug-likeness (QED) is 0.534. The normalized spacial score (nSPS) is 23.2. The molecule has 0 N–H and O–H groups in total. The number of hydrogen-bond acceptors (Lipinski definition) is 6. The first kappa shape index (κ1) is 16.6. The van der Waals surface area contributed by atoms with Crippen molar-refractivity contribution >= 4 is 18.2 Å². The van der Waals surface area contributed by atoms with Gasteiger partial charge in [0.1, 0.15) is 17.8 Å². The van der Waals surface area contributed by atoms with Crippen LogP contribution in [0.25, 0.3) is 0 Å². The van der Waals surface area contributed by atoms with E-state index in [4.69, 9.17) is 14.2 Å². The molecule has 0 aromatic carbocycles. The molecule has 2 fully saturated rings. The average molecular weight is 338 g/mol. The molecule has 3 aliphatic rings. The SMILES string of the molecule is CC(C)(C)OC(=O)N1CCC2(CC1)CN(C1=CC(=O)OC1)C(=O)O2. The summed E-state index contributed by atoms with van der Waals surface area (Å²) in [5.41, 5.74) is -0.636. The molecule has 0 unspecified atom stereocenters. The second-order valence-corrected chi connectivity index (χ2v) is 7.35. The lowest BCUT2D eigenvalue weighted by molar-refractivity contribution is -0.135. The van der Waals surface area contributed by atoms with Crippen molar-refractivity contribution in [3.05, 3.63) is 11.8 Å². The van der Waals surface area contributed by atoms with E-state index in [1.165, 1.54) is 11.0 Å². The number of rotatable bonds is 1. The van der Waals surface area contributed by atoms with Crippen LogP contribution in [-0.4, -0.2) is 65.4 Å². The number of likely N-dealkylation sites (tertiary alicyclic amines) is 1. The summed E-state index contributed by atoms with van der Waals surface area (Å²) in [7, 11) is 0. The molecular weight excluding hydrogens is 316 g/mol. The van der Waals surface area contributed by atoms with Crippen LogP contribution < -0.4 is 0 Å². The van der Waals surface area contributed by atoms with E-state index in [0.29, 0.717) is 38.2 Å². The van der Waals surface area contributed by atoms with Gasteiger partial charge in [0, 0.05) is 32.0 Å². The first-order valence-corrected chi connectivity index (χ1v) is 8.03. The van der Waals surface area contributed by atoms with Crippen LogP contribution in [0.15, 0.2) is 11.8 Å². The first-order valence-electron chi connectivity index (χ1n) is 8.03. The summed E-state index contributed by atoms with van der Waals surface area (Å²) in [6.07, 6.45) is 1.57. The molecule has 0 saturated carbocycles. The van der Waals surface area contributed by atoms with E-state index < -0.39 is 23.3 Å². The third-order valence-corrected chi connectivity index (χ3v) is 4.29. The molecule has 24 heavy (non-hydrogen) atoms. The standard InChI is InChI=1S/C16H22N2O6/c1-15(2,3)23-13(20)17-6-4-16(5-7-17)10-18(14(21)24-16)11-8-12(19)22-9-11/h8H,4-7,9-10H2,1-3H3. The predicted molar refractivity (Wildman–Crippen MR) is 82.0 cm³/mol. The number of piperidine rings is 1. The average Bonchev–Trinajstić information content (AvgIpc) is 3.02. The molecule has 3 aliphatic heterocycles. The molecule has 3 rings (SSSR count). The summed E-state index contributed by atoms with van der Waals surface area (Å²) in [6, 6.07) is 0. The van der Waals surface area contributed by atoms with Crippen molar-refractivity contribution in [3.8, 4) is 0 Å². The van der Waals surface area contributed by atoms with Gasteiger partial charge < -0.3 is 19.1 Å². The Kier molecular flexibility index (Phi) is 3.93. The van der Waals surface area contributed by atoms with Crippen molar-refractivity contribution in [1.82, 2.24) is 9.80 Å². The number of ether oxygens (including phenoxy) is 3. The van der Waals surface area contributed by atoms with Crippen LogP contribution in [0.3, 0.4) is 0 Å². The molecule has 0 aromatic heterocycles. The number of hydrogen-bond donors (Lipinski definition) is 0. The summed E-state index contributed by atoms with van der Waals surface area (Å²) in [6.45, 7) is 6.86. The third kappa shape index (κ3) is 3.32. The zero-order valence-electron chi connectivity index (χ0n) is 14.2. The van der Waals surface area contributed by atoms with Crippen LogP contribution >= 0.6 is 0 Å². The summed E-state index contributed by atoms with van der Waals surface area (Å²) in [5, 5.41) is 0. The van der Waals surface area contributed by atoms with Crippen molar-refractivity contribution in [2.75, 3.05) is 26.2 Å². The lowest BCUT2D eigenvalue weighted by Crippen LogP contribution is -2.49.